The summed E-state index contributed by atoms with van der Waals surface area (Å²) < 4.78 is 0. The number of amides is 1. The lowest BCUT2D eigenvalue weighted by Crippen LogP contribution is -2.45. The van der Waals surface area contributed by atoms with Gasteiger partial charge in [-0.25, -0.2) is 0 Å². The number of aliphatic hydroxyl groups is 2. The Hall–Kier alpha value is -2.50. The molecule has 5 heteroatoms. The smallest absolute Gasteiger partial charge is 0.279 e. The van der Waals surface area contributed by atoms with Crippen molar-refractivity contribution in [1.82, 2.24) is 5.01 Å². The first-order valence-electron chi connectivity index (χ1n) is 7.82. The van der Waals surface area contributed by atoms with Crippen LogP contribution >= 0.6 is 0 Å². The Kier molecular flexibility index (Phi) is 4.22. The Bertz CT molecular complexity index is 771. The number of nitrogens with zero attached hydrogens (tertiary/aromatic N) is 2. The van der Waals surface area contributed by atoms with Crippen LogP contribution in [0.4, 0.5) is 0 Å². The van der Waals surface area contributed by atoms with Crippen LogP contribution in [0.15, 0.2) is 59.7 Å². The Morgan fingerprint density at radius 1 is 1.12 bits per heavy atom. The van der Waals surface area contributed by atoms with Crippen molar-refractivity contribution in [3.8, 4) is 0 Å². The minimum absolute atomic E-state index is 0.212. The number of aliphatic hydroxyl groups excluding tert-OH is 1. The average molecular weight is 324 g/mol. The average Bonchev–Trinajstić information content (AvgIpc) is 2.90. The Labute approximate surface area is 140 Å². The van der Waals surface area contributed by atoms with E-state index in [9.17, 15) is 15.0 Å². The highest BCUT2D eigenvalue weighted by Crippen LogP contribution is 2.37. The molecule has 0 aliphatic carbocycles. The summed E-state index contributed by atoms with van der Waals surface area (Å²) >= 11 is 0. The molecule has 0 bridgehead atoms. The molecule has 2 atom stereocenters. The minimum Gasteiger partial charge on any atom is -0.378 e. The molecule has 124 valence electrons. The van der Waals surface area contributed by atoms with E-state index in [1.807, 2.05) is 25.1 Å². The summed E-state index contributed by atoms with van der Waals surface area (Å²) in [7, 11) is 0. The number of hydrogen-bond donors (Lipinski definition) is 2. The molecule has 1 aliphatic heterocycles. The highest BCUT2D eigenvalue weighted by molar-refractivity contribution is 5.91. The molecule has 2 aromatic carbocycles. The third-order valence-electron chi connectivity index (χ3n) is 4.20. The standard InChI is InChI=1S/C19H20N2O3/c1-13-8-10-16(11-9-13)19(24)12-14(2)20-21(19)18(23)17(22)15-6-4-3-5-7-15/h3-11,17,22,24H,12H2,1-2H3/t17-,19-/m1/s1. The molecule has 24 heavy (non-hydrogen) atoms. The van der Waals surface area contributed by atoms with Gasteiger partial charge in [-0.1, -0.05) is 60.2 Å². The Balaban J connectivity index is 1.95. The number of benzene rings is 2. The maximum absolute atomic E-state index is 12.8. The van der Waals surface area contributed by atoms with E-state index in [4.69, 9.17) is 0 Å². The summed E-state index contributed by atoms with van der Waals surface area (Å²) in [4.78, 5) is 12.8. The molecule has 0 fully saturated rings. The van der Waals surface area contributed by atoms with Gasteiger partial charge in [-0.3, -0.25) is 4.79 Å². The highest BCUT2D eigenvalue weighted by Gasteiger charge is 2.46. The van der Waals surface area contributed by atoms with Crippen LogP contribution in [-0.4, -0.2) is 26.8 Å². The Morgan fingerprint density at radius 3 is 2.38 bits per heavy atom. The Morgan fingerprint density at radius 2 is 1.75 bits per heavy atom. The van der Waals surface area contributed by atoms with E-state index >= 15 is 0 Å². The van der Waals surface area contributed by atoms with Crippen LogP contribution in [0.1, 0.15) is 36.1 Å². The monoisotopic (exact) mass is 324 g/mol. The normalized spacial score (nSPS) is 21.5. The molecule has 0 saturated carbocycles. The zero-order chi connectivity index (χ0) is 17.3. The molecule has 0 spiro atoms. The molecule has 1 aliphatic rings. The number of hydrazone groups is 1. The van der Waals surface area contributed by atoms with Gasteiger partial charge in [0.25, 0.3) is 5.91 Å². The summed E-state index contributed by atoms with van der Waals surface area (Å²) in [6.07, 6.45) is -1.17. The fourth-order valence-electron chi connectivity index (χ4n) is 2.89. The lowest BCUT2D eigenvalue weighted by atomic mass is 9.96. The predicted octanol–water partition coefficient (Wildman–Crippen LogP) is 2.48. The summed E-state index contributed by atoms with van der Waals surface area (Å²) in [5.41, 5.74) is 1.15. The van der Waals surface area contributed by atoms with Gasteiger partial charge >= 0.3 is 0 Å². The van der Waals surface area contributed by atoms with Crippen molar-refractivity contribution >= 4 is 11.6 Å². The molecule has 0 radical (unpaired) electrons. The summed E-state index contributed by atoms with van der Waals surface area (Å²) in [5, 5.41) is 26.7. The zero-order valence-corrected chi connectivity index (χ0v) is 13.7. The van der Waals surface area contributed by atoms with Gasteiger partial charge in [-0.05, 0) is 19.4 Å². The van der Waals surface area contributed by atoms with Crippen molar-refractivity contribution in [2.45, 2.75) is 32.1 Å². The van der Waals surface area contributed by atoms with Gasteiger partial charge in [0.15, 0.2) is 11.8 Å². The second-order valence-electron chi connectivity index (χ2n) is 6.16. The summed E-state index contributed by atoms with van der Waals surface area (Å²) in [5.74, 6) is -0.652. The molecule has 1 heterocycles. The maximum Gasteiger partial charge on any atom is 0.279 e. The molecule has 2 N–H and O–H groups in total. The minimum atomic E-state index is -1.58. The second-order valence-corrected chi connectivity index (χ2v) is 6.16. The van der Waals surface area contributed by atoms with E-state index in [0.717, 1.165) is 10.6 Å². The molecule has 1 amide bonds. The first-order valence-corrected chi connectivity index (χ1v) is 7.82. The lowest BCUT2D eigenvalue weighted by Gasteiger charge is -2.32. The van der Waals surface area contributed by atoms with E-state index in [0.29, 0.717) is 16.8 Å². The van der Waals surface area contributed by atoms with E-state index in [1.54, 1.807) is 43.3 Å². The maximum atomic E-state index is 12.8. The van der Waals surface area contributed by atoms with Crippen molar-refractivity contribution in [2.75, 3.05) is 0 Å². The van der Waals surface area contributed by atoms with Crippen LogP contribution in [0, 0.1) is 6.92 Å². The van der Waals surface area contributed by atoms with Gasteiger partial charge in [0, 0.05) is 17.7 Å². The van der Waals surface area contributed by atoms with Gasteiger partial charge < -0.3 is 10.2 Å². The molecule has 0 unspecified atom stereocenters. The molecule has 0 aromatic heterocycles. The van der Waals surface area contributed by atoms with Crippen LogP contribution in [0.25, 0.3) is 0 Å². The SMILES string of the molecule is CC1=NN(C(=O)[C@H](O)c2ccccc2)[C@](O)(c2ccc(C)cc2)C1. The first kappa shape index (κ1) is 16.4. The third kappa shape index (κ3) is 2.84. The highest BCUT2D eigenvalue weighted by atomic mass is 16.3. The van der Waals surface area contributed by atoms with Gasteiger partial charge in [0.1, 0.15) is 0 Å². The summed E-state index contributed by atoms with van der Waals surface area (Å²) in [6.45, 7) is 3.70. The second kappa shape index (κ2) is 6.19. The number of aryl methyl sites for hydroxylation is 1. The largest absolute Gasteiger partial charge is 0.378 e. The van der Waals surface area contributed by atoms with Gasteiger partial charge in [-0.2, -0.15) is 10.1 Å². The first-order chi connectivity index (χ1) is 11.4. The zero-order valence-electron chi connectivity index (χ0n) is 13.7. The molecule has 3 rings (SSSR count). The number of carbonyl (C=O) groups is 1. The van der Waals surface area contributed by atoms with Crippen molar-refractivity contribution < 1.29 is 15.0 Å². The fourth-order valence-corrected chi connectivity index (χ4v) is 2.89. The number of hydrogen-bond acceptors (Lipinski definition) is 4. The topological polar surface area (TPSA) is 73.1 Å². The van der Waals surface area contributed by atoms with Crippen LogP contribution in [-0.2, 0) is 10.5 Å². The van der Waals surface area contributed by atoms with E-state index in [1.165, 1.54) is 0 Å². The third-order valence-corrected chi connectivity index (χ3v) is 4.20. The van der Waals surface area contributed by atoms with E-state index in [-0.39, 0.29) is 6.42 Å². The van der Waals surface area contributed by atoms with Crippen LogP contribution in [0.2, 0.25) is 0 Å². The van der Waals surface area contributed by atoms with Crippen LogP contribution in [0.5, 0.6) is 0 Å². The van der Waals surface area contributed by atoms with Crippen molar-refractivity contribution in [3.05, 3.63) is 71.3 Å². The van der Waals surface area contributed by atoms with Crippen LogP contribution < -0.4 is 0 Å². The number of rotatable bonds is 3. The van der Waals surface area contributed by atoms with Gasteiger partial charge in [0.05, 0.1) is 0 Å². The lowest BCUT2D eigenvalue weighted by molar-refractivity contribution is -0.167. The van der Waals surface area contributed by atoms with Crippen LogP contribution in [0.3, 0.4) is 0 Å². The van der Waals surface area contributed by atoms with Gasteiger partial charge in [-0.15, -0.1) is 0 Å². The van der Waals surface area contributed by atoms with Crippen molar-refractivity contribution in [2.24, 2.45) is 5.10 Å². The molecule has 5 nitrogen and oxygen atoms in total. The summed E-state index contributed by atoms with van der Waals surface area (Å²) in [6, 6.07) is 15.9. The quantitative estimate of drug-likeness (QED) is 0.911. The van der Waals surface area contributed by atoms with E-state index in [2.05, 4.69) is 5.10 Å². The number of carbonyl (C=O) groups excluding carboxylic acids is 1. The van der Waals surface area contributed by atoms with E-state index < -0.39 is 17.7 Å². The van der Waals surface area contributed by atoms with Gasteiger partial charge in [0.2, 0.25) is 0 Å². The fraction of sp³-hybridized carbons (Fsp3) is 0.263. The molecular formula is C19H20N2O3. The van der Waals surface area contributed by atoms with Crippen molar-refractivity contribution in [1.29, 1.82) is 0 Å². The molecule has 2 aromatic rings. The van der Waals surface area contributed by atoms with Crippen molar-refractivity contribution in [3.63, 3.8) is 0 Å². The predicted molar refractivity (Wildman–Crippen MR) is 91.0 cm³/mol. The molecule has 0 saturated heterocycles. The molecular weight excluding hydrogens is 304 g/mol.